The van der Waals surface area contributed by atoms with Crippen LogP contribution < -0.4 is 4.74 Å². The first-order valence-corrected chi connectivity index (χ1v) is 10.9. The van der Waals surface area contributed by atoms with Crippen molar-refractivity contribution in [2.45, 2.75) is 42.0 Å². The van der Waals surface area contributed by atoms with Crippen molar-refractivity contribution >= 4 is 9.84 Å². The Bertz CT molecular complexity index is 909. The Morgan fingerprint density at radius 3 is 1.97 bits per heavy atom. The van der Waals surface area contributed by atoms with Gasteiger partial charge in [0.05, 0.1) is 11.5 Å². The smallest absolute Gasteiger partial charge is 0.229 e. The molecule has 1 heterocycles. The summed E-state index contributed by atoms with van der Waals surface area (Å²) < 4.78 is 33.9. The normalized spacial score (nSPS) is 27.6. The molecule has 3 rings (SSSR count). The second-order valence-corrected chi connectivity index (χ2v) is 9.07. The van der Waals surface area contributed by atoms with E-state index >= 15 is 0 Å². The summed E-state index contributed by atoms with van der Waals surface area (Å²) >= 11 is 0. The van der Waals surface area contributed by atoms with Crippen LogP contribution in [-0.2, 0) is 21.0 Å². The number of rotatable bonds is 6. The summed E-state index contributed by atoms with van der Waals surface area (Å²) in [6.07, 6.45) is -4.93. The number of aliphatic hydroxyl groups excluding tert-OH is 4. The van der Waals surface area contributed by atoms with Crippen LogP contribution in [0, 0.1) is 0 Å². The number of sulfone groups is 1. The van der Waals surface area contributed by atoms with Crippen molar-refractivity contribution in [1.29, 1.82) is 0 Å². The zero-order chi connectivity index (χ0) is 21.2. The van der Waals surface area contributed by atoms with Gasteiger partial charge in [-0.1, -0.05) is 24.3 Å². The van der Waals surface area contributed by atoms with Gasteiger partial charge in [-0.05, 0) is 41.8 Å². The maximum atomic E-state index is 11.5. The van der Waals surface area contributed by atoms with E-state index in [4.69, 9.17) is 9.47 Å². The molecule has 29 heavy (non-hydrogen) atoms. The quantitative estimate of drug-likeness (QED) is 0.504. The van der Waals surface area contributed by atoms with Gasteiger partial charge in [0.25, 0.3) is 0 Å². The third-order valence-corrected chi connectivity index (χ3v) is 5.91. The number of hydrogen-bond donors (Lipinski definition) is 4. The van der Waals surface area contributed by atoms with Gasteiger partial charge in [0.15, 0.2) is 9.84 Å². The van der Waals surface area contributed by atoms with Gasteiger partial charge in [-0.2, -0.15) is 0 Å². The first kappa shape index (κ1) is 21.7. The second kappa shape index (κ2) is 8.78. The average Bonchev–Trinajstić information content (AvgIpc) is 2.69. The van der Waals surface area contributed by atoms with Crippen LogP contribution in [0.25, 0.3) is 0 Å². The van der Waals surface area contributed by atoms with Crippen molar-refractivity contribution in [3.63, 3.8) is 0 Å². The summed E-state index contributed by atoms with van der Waals surface area (Å²) in [7, 11) is -3.23. The average molecular weight is 424 g/mol. The van der Waals surface area contributed by atoms with E-state index in [1.54, 1.807) is 36.4 Å². The van der Waals surface area contributed by atoms with Crippen molar-refractivity contribution in [3.05, 3.63) is 59.7 Å². The first-order valence-electron chi connectivity index (χ1n) is 9.04. The molecule has 0 spiro atoms. The molecule has 0 amide bonds. The third-order valence-electron chi connectivity index (χ3n) is 4.78. The zero-order valence-electron chi connectivity index (χ0n) is 15.7. The van der Waals surface area contributed by atoms with Gasteiger partial charge in [0, 0.05) is 6.26 Å². The molecule has 2 aromatic carbocycles. The van der Waals surface area contributed by atoms with E-state index < -0.39 is 47.2 Å². The fourth-order valence-electron chi connectivity index (χ4n) is 3.07. The van der Waals surface area contributed by atoms with Crippen LogP contribution >= 0.6 is 0 Å². The fraction of sp³-hybridized carbons (Fsp3) is 0.400. The number of aliphatic hydroxyl groups is 4. The highest BCUT2D eigenvalue weighted by Gasteiger charge is 2.44. The van der Waals surface area contributed by atoms with E-state index in [-0.39, 0.29) is 4.90 Å². The molecule has 0 aliphatic carbocycles. The van der Waals surface area contributed by atoms with Gasteiger partial charge in [0.1, 0.15) is 30.2 Å². The molecule has 0 aromatic heterocycles. The van der Waals surface area contributed by atoms with Crippen LogP contribution in [0.4, 0.5) is 0 Å². The third kappa shape index (κ3) is 5.13. The molecule has 1 aliphatic heterocycles. The second-order valence-electron chi connectivity index (χ2n) is 7.05. The molecular formula is C20H24O8S. The van der Waals surface area contributed by atoms with Gasteiger partial charge >= 0.3 is 0 Å². The molecule has 5 atom stereocenters. The lowest BCUT2D eigenvalue weighted by Gasteiger charge is -2.39. The predicted molar refractivity (Wildman–Crippen MR) is 103 cm³/mol. The minimum absolute atomic E-state index is 0.268. The van der Waals surface area contributed by atoms with Crippen molar-refractivity contribution < 1.29 is 38.3 Å². The molecule has 0 unspecified atom stereocenters. The van der Waals surface area contributed by atoms with Gasteiger partial charge in [-0.15, -0.1) is 0 Å². The van der Waals surface area contributed by atoms with E-state index in [1.807, 2.05) is 12.1 Å². The van der Waals surface area contributed by atoms with Crippen molar-refractivity contribution in [3.8, 4) is 5.75 Å². The van der Waals surface area contributed by atoms with Crippen LogP contribution in [0.2, 0.25) is 0 Å². The molecule has 4 N–H and O–H groups in total. The molecular weight excluding hydrogens is 400 g/mol. The summed E-state index contributed by atoms with van der Waals surface area (Å²) in [5.74, 6) is 0.380. The highest BCUT2D eigenvalue weighted by Crippen LogP contribution is 2.25. The van der Waals surface area contributed by atoms with E-state index in [9.17, 15) is 28.8 Å². The van der Waals surface area contributed by atoms with Crippen LogP contribution in [0.15, 0.2) is 53.4 Å². The van der Waals surface area contributed by atoms with E-state index in [0.717, 1.165) is 17.4 Å². The number of ether oxygens (including phenoxy) is 2. The minimum atomic E-state index is -3.23. The van der Waals surface area contributed by atoms with Crippen molar-refractivity contribution in [2.24, 2.45) is 0 Å². The zero-order valence-corrected chi connectivity index (χ0v) is 16.6. The maximum Gasteiger partial charge on any atom is 0.229 e. The lowest BCUT2D eigenvalue weighted by atomic mass is 9.99. The maximum absolute atomic E-state index is 11.5. The molecule has 1 fully saturated rings. The molecule has 0 saturated carbocycles. The van der Waals surface area contributed by atoms with E-state index in [1.165, 1.54) is 0 Å². The Kier molecular flexibility index (Phi) is 6.57. The standard InChI is InChI=1S/C20H24O8S/c1-29(25,26)15-8-4-13(5-9-15)10-12-2-6-14(7-3-12)27-20-19(24)18(23)17(22)16(11-21)28-20/h2-9,16-24H,10-11H2,1H3/t16-,17-,18+,19-,20-/m1/s1. The topological polar surface area (TPSA) is 134 Å². The Morgan fingerprint density at radius 2 is 1.45 bits per heavy atom. The summed E-state index contributed by atoms with van der Waals surface area (Å²) in [6.45, 7) is -0.526. The Morgan fingerprint density at radius 1 is 0.897 bits per heavy atom. The summed E-state index contributed by atoms with van der Waals surface area (Å²) in [4.78, 5) is 0.268. The molecule has 1 saturated heterocycles. The SMILES string of the molecule is CS(=O)(=O)c1ccc(Cc2ccc(O[C@@H]3O[C@H](CO)[C@@H](O)[C@H](O)[C@H]3O)cc2)cc1. The molecule has 8 nitrogen and oxygen atoms in total. The lowest BCUT2D eigenvalue weighted by molar-refractivity contribution is -0.277. The van der Waals surface area contributed by atoms with Crippen molar-refractivity contribution in [2.75, 3.05) is 12.9 Å². The molecule has 0 bridgehead atoms. The summed E-state index contributed by atoms with van der Waals surface area (Å²) in [5, 5.41) is 38.9. The minimum Gasteiger partial charge on any atom is -0.462 e. The summed E-state index contributed by atoms with van der Waals surface area (Å²) in [6, 6.07) is 13.6. The van der Waals surface area contributed by atoms with E-state index in [2.05, 4.69) is 0 Å². The van der Waals surface area contributed by atoms with Crippen LogP contribution in [0.5, 0.6) is 5.75 Å². The number of hydrogen-bond acceptors (Lipinski definition) is 8. The highest BCUT2D eigenvalue weighted by atomic mass is 32.2. The Labute approximate surface area is 168 Å². The first-order chi connectivity index (χ1) is 13.7. The molecule has 0 radical (unpaired) electrons. The highest BCUT2D eigenvalue weighted by molar-refractivity contribution is 7.90. The Balaban J connectivity index is 1.64. The molecule has 1 aliphatic rings. The van der Waals surface area contributed by atoms with E-state index in [0.29, 0.717) is 12.2 Å². The van der Waals surface area contributed by atoms with Crippen LogP contribution in [-0.4, -0.2) is 72.4 Å². The molecule has 9 heteroatoms. The lowest BCUT2D eigenvalue weighted by Crippen LogP contribution is -2.60. The summed E-state index contributed by atoms with van der Waals surface area (Å²) in [5.41, 5.74) is 1.90. The molecule has 158 valence electrons. The predicted octanol–water partition coefficient (Wildman–Crippen LogP) is -0.140. The van der Waals surface area contributed by atoms with Gasteiger partial charge in [-0.3, -0.25) is 0 Å². The van der Waals surface area contributed by atoms with Crippen LogP contribution in [0.3, 0.4) is 0 Å². The van der Waals surface area contributed by atoms with Crippen LogP contribution in [0.1, 0.15) is 11.1 Å². The van der Waals surface area contributed by atoms with Gasteiger partial charge in [-0.25, -0.2) is 8.42 Å². The Hall–Kier alpha value is -2.01. The fourth-order valence-corrected chi connectivity index (χ4v) is 3.71. The van der Waals surface area contributed by atoms with Gasteiger partial charge < -0.3 is 29.9 Å². The largest absolute Gasteiger partial charge is 0.462 e. The monoisotopic (exact) mass is 424 g/mol. The number of benzene rings is 2. The van der Waals surface area contributed by atoms with Gasteiger partial charge in [0.2, 0.25) is 6.29 Å². The molecule has 2 aromatic rings. The van der Waals surface area contributed by atoms with Crippen molar-refractivity contribution in [1.82, 2.24) is 0 Å².